The van der Waals surface area contributed by atoms with E-state index in [9.17, 15) is 8.42 Å². The number of thioether (sulfide) groups is 1. The maximum absolute atomic E-state index is 12.6. The molecule has 7 heteroatoms. The number of nitrogen functional groups attached to an aromatic ring is 1. The summed E-state index contributed by atoms with van der Waals surface area (Å²) in [6.45, 7) is 4.22. The summed E-state index contributed by atoms with van der Waals surface area (Å²) in [6, 6.07) is 3.03. The quantitative estimate of drug-likeness (QED) is 0.850. The van der Waals surface area contributed by atoms with Crippen LogP contribution < -0.4 is 5.73 Å². The minimum absolute atomic E-state index is 0.000888. The zero-order chi connectivity index (χ0) is 14.2. The Labute approximate surface area is 123 Å². The summed E-state index contributed by atoms with van der Waals surface area (Å²) < 4.78 is 26.8. The van der Waals surface area contributed by atoms with Gasteiger partial charge in [0.25, 0.3) is 0 Å². The van der Waals surface area contributed by atoms with Crippen molar-refractivity contribution in [1.29, 1.82) is 0 Å². The fraction of sp³-hybridized carbons (Fsp3) is 0.500. The third-order valence-electron chi connectivity index (χ3n) is 3.17. The number of rotatable bonds is 2. The summed E-state index contributed by atoms with van der Waals surface area (Å²) in [5.74, 6) is 1.65. The average Bonchev–Trinajstić information content (AvgIpc) is 2.35. The average molecular weight is 321 g/mol. The first-order valence-electron chi connectivity index (χ1n) is 5.99. The van der Waals surface area contributed by atoms with E-state index in [2.05, 4.69) is 0 Å². The van der Waals surface area contributed by atoms with Crippen LogP contribution >= 0.6 is 23.4 Å². The summed E-state index contributed by atoms with van der Waals surface area (Å²) in [6.07, 6.45) is 0. The van der Waals surface area contributed by atoms with E-state index in [0.717, 1.165) is 11.5 Å². The Morgan fingerprint density at radius 3 is 2.74 bits per heavy atom. The summed E-state index contributed by atoms with van der Waals surface area (Å²) in [5, 5.41) is 0.418. The first-order valence-corrected chi connectivity index (χ1v) is 8.96. The zero-order valence-corrected chi connectivity index (χ0v) is 13.3. The van der Waals surface area contributed by atoms with Gasteiger partial charge in [0.05, 0.1) is 15.6 Å². The predicted octanol–water partition coefficient (Wildman–Crippen LogP) is 2.36. The molecule has 1 aromatic rings. The van der Waals surface area contributed by atoms with Crippen molar-refractivity contribution in [3.05, 3.63) is 22.7 Å². The van der Waals surface area contributed by atoms with Crippen molar-refractivity contribution in [3.8, 4) is 0 Å². The third-order valence-corrected chi connectivity index (χ3v) is 6.87. The SMILES string of the molecule is Cc1cc(S(=O)(=O)N2CCSCC2C)cc(N)c1Cl. The predicted molar refractivity (Wildman–Crippen MR) is 81.3 cm³/mol. The molecule has 0 aromatic heterocycles. The Bertz CT molecular complexity index is 566. The van der Waals surface area contributed by atoms with Gasteiger partial charge >= 0.3 is 0 Å². The number of hydrogen-bond acceptors (Lipinski definition) is 4. The van der Waals surface area contributed by atoms with Gasteiger partial charge in [0.1, 0.15) is 0 Å². The molecule has 106 valence electrons. The van der Waals surface area contributed by atoms with Crippen LogP contribution in [0.2, 0.25) is 5.02 Å². The molecule has 19 heavy (non-hydrogen) atoms. The van der Waals surface area contributed by atoms with Gasteiger partial charge in [-0.05, 0) is 31.5 Å². The van der Waals surface area contributed by atoms with Crippen LogP contribution in [0, 0.1) is 6.92 Å². The van der Waals surface area contributed by atoms with Crippen LogP contribution in [0.5, 0.6) is 0 Å². The molecule has 0 radical (unpaired) electrons. The molecule has 0 saturated carbocycles. The highest BCUT2D eigenvalue weighted by atomic mass is 35.5. The normalized spacial score (nSPS) is 21.5. The van der Waals surface area contributed by atoms with Gasteiger partial charge in [0, 0.05) is 24.1 Å². The molecule has 1 fully saturated rings. The molecule has 2 rings (SSSR count). The molecule has 0 amide bonds. The summed E-state index contributed by atoms with van der Waals surface area (Å²) in [5.41, 5.74) is 6.75. The first kappa shape index (κ1) is 15.0. The highest BCUT2D eigenvalue weighted by molar-refractivity contribution is 7.99. The van der Waals surface area contributed by atoms with Gasteiger partial charge in [-0.15, -0.1) is 0 Å². The number of nitrogens with zero attached hydrogens (tertiary/aromatic N) is 1. The van der Waals surface area contributed by atoms with Gasteiger partial charge in [0.15, 0.2) is 0 Å². The second-order valence-corrected chi connectivity index (χ2v) is 8.10. The van der Waals surface area contributed by atoms with Gasteiger partial charge in [-0.2, -0.15) is 16.1 Å². The monoisotopic (exact) mass is 320 g/mol. The van der Waals surface area contributed by atoms with Gasteiger partial charge in [-0.1, -0.05) is 11.6 Å². The summed E-state index contributed by atoms with van der Waals surface area (Å²) in [4.78, 5) is 0.227. The number of benzene rings is 1. The van der Waals surface area contributed by atoms with E-state index in [1.807, 2.05) is 6.92 Å². The van der Waals surface area contributed by atoms with Crippen molar-refractivity contribution in [2.75, 3.05) is 23.8 Å². The largest absolute Gasteiger partial charge is 0.397 e. The van der Waals surface area contributed by atoms with Crippen LogP contribution in [-0.2, 0) is 10.0 Å². The Hall–Kier alpha value is -0.430. The molecule has 1 aromatic carbocycles. The molecule has 2 N–H and O–H groups in total. The Kier molecular flexibility index (Phi) is 4.35. The molecule has 1 saturated heterocycles. The van der Waals surface area contributed by atoms with Crippen LogP contribution in [-0.4, -0.2) is 36.8 Å². The Morgan fingerprint density at radius 2 is 2.16 bits per heavy atom. The van der Waals surface area contributed by atoms with E-state index in [1.165, 1.54) is 6.07 Å². The fourth-order valence-electron chi connectivity index (χ4n) is 2.12. The topological polar surface area (TPSA) is 63.4 Å². The molecular weight excluding hydrogens is 304 g/mol. The van der Waals surface area contributed by atoms with Gasteiger partial charge in [-0.25, -0.2) is 8.42 Å². The van der Waals surface area contributed by atoms with Crippen LogP contribution in [0.15, 0.2) is 17.0 Å². The maximum Gasteiger partial charge on any atom is 0.243 e. The molecule has 0 bridgehead atoms. The third kappa shape index (κ3) is 2.86. The molecule has 0 aliphatic carbocycles. The second kappa shape index (κ2) is 5.52. The minimum atomic E-state index is -3.49. The second-order valence-electron chi connectivity index (χ2n) is 4.68. The molecule has 4 nitrogen and oxygen atoms in total. The van der Waals surface area contributed by atoms with E-state index >= 15 is 0 Å². The van der Waals surface area contributed by atoms with Crippen LogP contribution in [0.25, 0.3) is 0 Å². The Balaban J connectivity index is 2.44. The van der Waals surface area contributed by atoms with E-state index < -0.39 is 10.0 Å². The van der Waals surface area contributed by atoms with E-state index in [1.54, 1.807) is 29.1 Å². The molecule has 1 unspecified atom stereocenters. The highest BCUT2D eigenvalue weighted by Gasteiger charge is 2.31. The van der Waals surface area contributed by atoms with Gasteiger partial charge in [0.2, 0.25) is 10.0 Å². The fourth-order valence-corrected chi connectivity index (χ4v) is 5.20. The van der Waals surface area contributed by atoms with Gasteiger partial charge < -0.3 is 5.73 Å². The van der Waals surface area contributed by atoms with Crippen molar-refractivity contribution < 1.29 is 8.42 Å². The van der Waals surface area contributed by atoms with Crippen molar-refractivity contribution in [2.24, 2.45) is 0 Å². The number of nitrogens with two attached hydrogens (primary N) is 1. The van der Waals surface area contributed by atoms with Crippen molar-refractivity contribution in [2.45, 2.75) is 24.8 Å². The number of sulfonamides is 1. The number of anilines is 1. The first-order chi connectivity index (χ1) is 8.84. The lowest BCUT2D eigenvalue weighted by molar-refractivity contribution is 0.367. The number of halogens is 1. The molecule has 1 aliphatic rings. The standard InChI is InChI=1S/C12H17ClN2O2S2/c1-8-5-10(6-11(14)12(8)13)19(16,17)15-3-4-18-7-9(15)2/h5-6,9H,3-4,7,14H2,1-2H3. The van der Waals surface area contributed by atoms with E-state index in [4.69, 9.17) is 17.3 Å². The molecular formula is C12H17ClN2O2S2. The van der Waals surface area contributed by atoms with Gasteiger partial charge in [-0.3, -0.25) is 0 Å². The van der Waals surface area contributed by atoms with E-state index in [0.29, 0.717) is 22.8 Å². The Morgan fingerprint density at radius 1 is 1.47 bits per heavy atom. The highest BCUT2D eigenvalue weighted by Crippen LogP contribution is 2.30. The minimum Gasteiger partial charge on any atom is -0.397 e. The van der Waals surface area contributed by atoms with Crippen LogP contribution in [0.4, 0.5) is 5.69 Å². The van der Waals surface area contributed by atoms with Crippen molar-refractivity contribution in [1.82, 2.24) is 4.31 Å². The molecule has 0 spiro atoms. The zero-order valence-electron chi connectivity index (χ0n) is 10.9. The molecule has 1 aliphatic heterocycles. The number of aryl methyl sites for hydroxylation is 1. The smallest absolute Gasteiger partial charge is 0.243 e. The lowest BCUT2D eigenvalue weighted by atomic mass is 10.2. The summed E-state index contributed by atoms with van der Waals surface area (Å²) in [7, 11) is -3.49. The van der Waals surface area contributed by atoms with Crippen LogP contribution in [0.3, 0.4) is 0 Å². The van der Waals surface area contributed by atoms with E-state index in [-0.39, 0.29) is 10.9 Å². The van der Waals surface area contributed by atoms with Crippen molar-refractivity contribution in [3.63, 3.8) is 0 Å². The lowest BCUT2D eigenvalue weighted by Crippen LogP contribution is -2.44. The van der Waals surface area contributed by atoms with Crippen molar-refractivity contribution >= 4 is 39.1 Å². The summed E-state index contributed by atoms with van der Waals surface area (Å²) >= 11 is 7.75. The maximum atomic E-state index is 12.6. The van der Waals surface area contributed by atoms with Crippen LogP contribution in [0.1, 0.15) is 12.5 Å². The number of hydrogen-bond donors (Lipinski definition) is 1. The lowest BCUT2D eigenvalue weighted by Gasteiger charge is -2.32. The molecule has 1 atom stereocenters. The molecule has 1 heterocycles.